The van der Waals surface area contributed by atoms with E-state index in [1.165, 1.54) is 6.26 Å². The molecule has 11 heteroatoms. The summed E-state index contributed by atoms with van der Waals surface area (Å²) in [6, 6.07) is 5.33. The first-order chi connectivity index (χ1) is 18.9. The fourth-order valence-corrected chi connectivity index (χ4v) is 5.41. The average molecular weight is 584 g/mol. The molecule has 0 aromatic carbocycles. The SMILES string of the molecule is CCC(C)(N)c1cnc(O[C@@H](C)CC(C)(C)S(C)(=O)=O)c2cnc(Nc3ccc4c(n3)C(C)(C)[C@H](C)OC4=O)cc12. The van der Waals surface area contributed by atoms with Crippen molar-refractivity contribution in [2.75, 3.05) is 11.6 Å². The second kappa shape index (κ2) is 10.5. The van der Waals surface area contributed by atoms with Gasteiger partial charge in [0.1, 0.15) is 17.7 Å². The van der Waals surface area contributed by atoms with Gasteiger partial charge in [-0.2, -0.15) is 0 Å². The van der Waals surface area contributed by atoms with Gasteiger partial charge in [-0.15, -0.1) is 0 Å². The lowest BCUT2D eigenvalue weighted by atomic mass is 9.79. The highest BCUT2D eigenvalue weighted by Crippen LogP contribution is 2.38. The first-order valence-electron chi connectivity index (χ1n) is 13.8. The van der Waals surface area contributed by atoms with Crippen LogP contribution in [-0.2, 0) is 25.5 Å². The number of anilines is 2. The van der Waals surface area contributed by atoms with Gasteiger partial charge in [0.05, 0.1) is 27.5 Å². The van der Waals surface area contributed by atoms with Crippen molar-refractivity contribution in [2.45, 2.75) is 96.1 Å². The minimum absolute atomic E-state index is 0.292. The first kappa shape index (κ1) is 30.6. The summed E-state index contributed by atoms with van der Waals surface area (Å²) in [5.41, 5.74) is 7.49. The van der Waals surface area contributed by atoms with E-state index >= 15 is 0 Å². The molecular weight excluding hydrogens is 542 g/mol. The van der Waals surface area contributed by atoms with Crippen LogP contribution in [0.1, 0.15) is 89.8 Å². The largest absolute Gasteiger partial charge is 0.474 e. The van der Waals surface area contributed by atoms with E-state index in [9.17, 15) is 13.2 Å². The Morgan fingerprint density at radius 1 is 1.15 bits per heavy atom. The van der Waals surface area contributed by atoms with Gasteiger partial charge in [0.25, 0.3) is 0 Å². The number of nitrogens with zero attached hydrogens (tertiary/aromatic N) is 3. The molecule has 0 amide bonds. The lowest BCUT2D eigenvalue weighted by molar-refractivity contribution is 0.00864. The van der Waals surface area contributed by atoms with Gasteiger partial charge in [0.2, 0.25) is 5.88 Å². The zero-order valence-corrected chi connectivity index (χ0v) is 26.1. The molecule has 3 N–H and O–H groups in total. The predicted octanol–water partition coefficient (Wildman–Crippen LogP) is 5.17. The summed E-state index contributed by atoms with van der Waals surface area (Å²) >= 11 is 0. The third kappa shape index (κ3) is 5.88. The number of carbonyl (C=O) groups excluding carboxylic acids is 1. The van der Waals surface area contributed by atoms with E-state index in [1.54, 1.807) is 38.4 Å². The van der Waals surface area contributed by atoms with Crippen LogP contribution in [0.25, 0.3) is 10.8 Å². The van der Waals surface area contributed by atoms with E-state index in [1.807, 2.05) is 47.6 Å². The van der Waals surface area contributed by atoms with Crippen LogP contribution in [0.5, 0.6) is 5.88 Å². The summed E-state index contributed by atoms with van der Waals surface area (Å²) < 4.78 is 35.2. The third-order valence-electron chi connectivity index (χ3n) is 8.46. The number of aromatic nitrogens is 3. The Hall–Kier alpha value is -3.31. The molecule has 0 aliphatic carbocycles. The summed E-state index contributed by atoms with van der Waals surface area (Å²) in [5.74, 6) is 1.05. The second-order valence-corrected chi connectivity index (χ2v) is 15.2. The number of nitrogens with one attached hydrogen (secondary N) is 1. The Morgan fingerprint density at radius 2 is 1.83 bits per heavy atom. The van der Waals surface area contributed by atoms with Gasteiger partial charge in [0.15, 0.2) is 9.84 Å². The smallest absolute Gasteiger partial charge is 0.340 e. The standard InChI is InChI=1S/C30H41N5O5S/c1-10-30(8,31)22-16-33-26(39-17(2)14-28(4,5)41(9,37)38)21-15-32-24(13-20(21)22)34-23-12-11-19-25(35-23)29(6,7)18(3)40-27(19)36/h11-13,15-18H,10,14,31H2,1-9H3,(H,32,34,35)/t17-,18-,30?/m0/s1. The van der Waals surface area contributed by atoms with Gasteiger partial charge in [-0.25, -0.2) is 28.2 Å². The van der Waals surface area contributed by atoms with Crippen LogP contribution >= 0.6 is 0 Å². The Balaban J connectivity index is 1.73. The van der Waals surface area contributed by atoms with Crippen LogP contribution in [0.3, 0.4) is 0 Å². The van der Waals surface area contributed by atoms with Gasteiger partial charge >= 0.3 is 5.97 Å². The Labute approximate surface area is 242 Å². The van der Waals surface area contributed by atoms with Crippen molar-refractivity contribution in [1.82, 2.24) is 15.0 Å². The van der Waals surface area contributed by atoms with E-state index in [-0.39, 0.29) is 12.1 Å². The van der Waals surface area contributed by atoms with Crippen LogP contribution < -0.4 is 15.8 Å². The maximum Gasteiger partial charge on any atom is 0.340 e. The van der Waals surface area contributed by atoms with E-state index < -0.39 is 31.6 Å². The van der Waals surface area contributed by atoms with E-state index in [0.717, 1.165) is 10.9 Å². The van der Waals surface area contributed by atoms with Crippen molar-refractivity contribution in [1.29, 1.82) is 0 Å². The molecule has 0 saturated carbocycles. The normalized spacial score (nSPS) is 19.2. The van der Waals surface area contributed by atoms with Crippen LogP contribution in [0.15, 0.2) is 30.6 Å². The molecule has 41 heavy (non-hydrogen) atoms. The van der Waals surface area contributed by atoms with Crippen molar-refractivity contribution in [3.8, 4) is 5.88 Å². The fraction of sp³-hybridized carbons (Fsp3) is 0.533. The van der Waals surface area contributed by atoms with Crippen molar-refractivity contribution in [3.05, 3.63) is 47.4 Å². The van der Waals surface area contributed by atoms with Crippen molar-refractivity contribution in [3.63, 3.8) is 0 Å². The first-order valence-corrected chi connectivity index (χ1v) is 15.7. The van der Waals surface area contributed by atoms with E-state index in [0.29, 0.717) is 47.0 Å². The van der Waals surface area contributed by atoms with Crippen molar-refractivity contribution >= 4 is 38.2 Å². The summed E-state index contributed by atoms with van der Waals surface area (Å²) in [6.45, 7) is 15.0. The number of fused-ring (bicyclic) bond motifs is 2. The van der Waals surface area contributed by atoms with Gasteiger partial charge in [-0.1, -0.05) is 20.8 Å². The molecule has 3 aromatic rings. The molecular formula is C30H41N5O5S. The highest BCUT2D eigenvalue weighted by molar-refractivity contribution is 7.92. The number of hydrogen-bond acceptors (Lipinski definition) is 10. The van der Waals surface area contributed by atoms with E-state index in [4.69, 9.17) is 20.2 Å². The molecule has 4 heterocycles. The highest BCUT2D eigenvalue weighted by Gasteiger charge is 2.41. The third-order valence-corrected chi connectivity index (χ3v) is 10.6. The van der Waals surface area contributed by atoms with Crippen molar-refractivity contribution in [2.24, 2.45) is 5.73 Å². The number of cyclic esters (lactones) is 1. The van der Waals surface area contributed by atoms with Crippen LogP contribution in [-0.4, -0.2) is 52.5 Å². The van der Waals surface area contributed by atoms with E-state index in [2.05, 4.69) is 15.3 Å². The molecule has 0 fully saturated rings. The minimum atomic E-state index is -3.29. The number of sulfone groups is 1. The highest BCUT2D eigenvalue weighted by atomic mass is 32.2. The lowest BCUT2D eigenvalue weighted by Crippen LogP contribution is -2.42. The number of nitrogens with two attached hydrogens (primary N) is 1. The summed E-state index contributed by atoms with van der Waals surface area (Å²) in [6.07, 6.45) is 4.84. The monoisotopic (exact) mass is 583 g/mol. The van der Waals surface area contributed by atoms with Crippen LogP contribution in [0, 0.1) is 0 Å². The average Bonchev–Trinajstić information content (AvgIpc) is 2.86. The fourth-order valence-electron chi connectivity index (χ4n) is 4.87. The topological polar surface area (TPSA) is 146 Å². The number of hydrogen-bond donors (Lipinski definition) is 2. The summed E-state index contributed by atoms with van der Waals surface area (Å²) in [4.78, 5) is 26.4. The molecule has 1 aliphatic rings. The van der Waals surface area contributed by atoms with Gasteiger partial charge in [-0.05, 0) is 70.2 Å². The minimum Gasteiger partial charge on any atom is -0.474 e. The summed E-state index contributed by atoms with van der Waals surface area (Å²) in [7, 11) is -3.29. The molecule has 3 atom stereocenters. The van der Waals surface area contributed by atoms with Crippen LogP contribution in [0.4, 0.5) is 11.6 Å². The number of ether oxygens (including phenoxy) is 2. The van der Waals surface area contributed by atoms with Gasteiger partial charge < -0.3 is 20.5 Å². The maximum atomic E-state index is 12.4. The Bertz CT molecular complexity index is 1600. The Kier molecular flexibility index (Phi) is 7.85. The molecule has 10 nitrogen and oxygen atoms in total. The second-order valence-electron chi connectivity index (χ2n) is 12.5. The molecule has 3 aromatic heterocycles. The molecule has 222 valence electrons. The molecule has 0 spiro atoms. The van der Waals surface area contributed by atoms with Crippen molar-refractivity contribution < 1.29 is 22.7 Å². The zero-order valence-electron chi connectivity index (χ0n) is 25.3. The lowest BCUT2D eigenvalue weighted by Gasteiger charge is -2.36. The van der Waals surface area contributed by atoms with Crippen LogP contribution in [0.2, 0.25) is 0 Å². The molecule has 4 rings (SSSR count). The molecule has 0 bridgehead atoms. The maximum absolute atomic E-state index is 12.4. The number of carbonyl (C=O) groups is 1. The quantitative estimate of drug-likeness (QED) is 0.323. The molecule has 1 unspecified atom stereocenters. The number of esters is 1. The summed E-state index contributed by atoms with van der Waals surface area (Å²) in [5, 5.41) is 4.75. The molecule has 0 radical (unpaired) electrons. The zero-order chi connectivity index (χ0) is 30.5. The molecule has 0 saturated heterocycles. The molecule has 1 aliphatic heterocycles. The van der Waals surface area contributed by atoms with Gasteiger partial charge in [-0.3, -0.25) is 0 Å². The number of rotatable bonds is 9. The number of pyridine rings is 3. The Morgan fingerprint density at radius 3 is 2.46 bits per heavy atom. The van der Waals surface area contributed by atoms with Gasteiger partial charge in [0, 0.05) is 36.0 Å². The predicted molar refractivity (Wildman–Crippen MR) is 160 cm³/mol.